The first-order chi connectivity index (χ1) is 11.3. The van der Waals surface area contributed by atoms with Crippen LogP contribution in [0.3, 0.4) is 0 Å². The molecule has 6 heteroatoms. The second kappa shape index (κ2) is 9.06. The number of hydrogen-bond acceptors (Lipinski definition) is 5. The van der Waals surface area contributed by atoms with Crippen LogP contribution in [-0.4, -0.2) is 32.9 Å². The molecule has 0 radical (unpaired) electrons. The van der Waals surface area contributed by atoms with Crippen molar-refractivity contribution in [3.63, 3.8) is 0 Å². The van der Waals surface area contributed by atoms with Crippen LogP contribution in [0.1, 0.15) is 52.9 Å². The van der Waals surface area contributed by atoms with Crippen molar-refractivity contribution in [1.82, 2.24) is 0 Å². The lowest BCUT2D eigenvalue weighted by Crippen LogP contribution is -2.45. The standard InChI is InChI=1S/C18H28O5S/c1-5-7-8-9-14-18(3,17(19)23-6-2)24(20,21)16-12-10-15(22-4)11-13-16/h10-13H,5-9,14H2,1-4H3. The molecule has 0 spiro atoms. The Hall–Kier alpha value is -1.56. The molecular weight excluding hydrogens is 328 g/mol. The van der Waals surface area contributed by atoms with E-state index < -0.39 is 20.6 Å². The molecular formula is C18H28O5S. The number of hydrogen-bond donors (Lipinski definition) is 0. The summed E-state index contributed by atoms with van der Waals surface area (Å²) in [6.45, 7) is 5.38. The van der Waals surface area contributed by atoms with Gasteiger partial charge >= 0.3 is 5.97 Å². The zero-order valence-corrected chi connectivity index (χ0v) is 15.8. The zero-order valence-electron chi connectivity index (χ0n) is 15.0. The minimum Gasteiger partial charge on any atom is -0.497 e. The third-order valence-electron chi connectivity index (χ3n) is 4.18. The topological polar surface area (TPSA) is 69.7 Å². The Balaban J connectivity index is 3.16. The largest absolute Gasteiger partial charge is 0.497 e. The average Bonchev–Trinajstić information content (AvgIpc) is 2.58. The first-order valence-electron chi connectivity index (χ1n) is 8.39. The molecule has 1 aromatic rings. The summed E-state index contributed by atoms with van der Waals surface area (Å²) in [6, 6.07) is 6.10. The Morgan fingerprint density at radius 1 is 1.08 bits per heavy atom. The van der Waals surface area contributed by atoms with Crippen molar-refractivity contribution < 1.29 is 22.7 Å². The number of carbonyl (C=O) groups excluding carboxylic acids is 1. The SMILES string of the molecule is CCCCCCC(C)(C(=O)OCC)S(=O)(=O)c1ccc(OC)cc1. The van der Waals surface area contributed by atoms with E-state index in [1.165, 1.54) is 26.2 Å². The maximum atomic E-state index is 13.1. The molecule has 1 atom stereocenters. The summed E-state index contributed by atoms with van der Waals surface area (Å²) in [5.74, 6) is -0.118. The van der Waals surface area contributed by atoms with E-state index in [4.69, 9.17) is 9.47 Å². The third kappa shape index (κ3) is 4.50. The number of esters is 1. The van der Waals surface area contributed by atoms with Gasteiger partial charge in [0.2, 0.25) is 0 Å². The van der Waals surface area contributed by atoms with E-state index in [1.807, 2.05) is 0 Å². The highest BCUT2D eigenvalue weighted by molar-refractivity contribution is 7.93. The van der Waals surface area contributed by atoms with E-state index in [0.717, 1.165) is 19.3 Å². The molecule has 1 aromatic carbocycles. The minimum absolute atomic E-state index is 0.106. The second-order valence-corrected chi connectivity index (χ2v) is 8.32. The van der Waals surface area contributed by atoms with Crippen molar-refractivity contribution in [2.45, 2.75) is 62.5 Å². The summed E-state index contributed by atoms with van der Waals surface area (Å²) in [5.41, 5.74) is 0. The molecule has 0 amide bonds. The highest BCUT2D eigenvalue weighted by Crippen LogP contribution is 2.33. The summed E-state index contributed by atoms with van der Waals surface area (Å²) in [4.78, 5) is 12.6. The molecule has 5 nitrogen and oxygen atoms in total. The van der Waals surface area contributed by atoms with Crippen molar-refractivity contribution >= 4 is 15.8 Å². The van der Waals surface area contributed by atoms with Crippen molar-refractivity contribution in [2.24, 2.45) is 0 Å². The van der Waals surface area contributed by atoms with Crippen LogP contribution in [0.5, 0.6) is 5.75 Å². The average molecular weight is 356 g/mol. The molecule has 24 heavy (non-hydrogen) atoms. The lowest BCUT2D eigenvalue weighted by atomic mass is 10.0. The normalized spacial score (nSPS) is 14.0. The highest BCUT2D eigenvalue weighted by atomic mass is 32.2. The molecule has 1 unspecified atom stereocenters. The highest BCUT2D eigenvalue weighted by Gasteiger charge is 2.48. The van der Waals surface area contributed by atoms with Gasteiger partial charge in [-0.2, -0.15) is 0 Å². The van der Waals surface area contributed by atoms with E-state index in [1.54, 1.807) is 19.1 Å². The quantitative estimate of drug-likeness (QED) is 0.471. The van der Waals surface area contributed by atoms with Gasteiger partial charge in [-0.05, 0) is 44.5 Å². The molecule has 0 aliphatic carbocycles. The minimum atomic E-state index is -3.86. The summed E-state index contributed by atoms with van der Waals surface area (Å²) < 4.78 is 34.7. The predicted octanol–water partition coefficient (Wildman–Crippen LogP) is 3.76. The number of ether oxygens (including phenoxy) is 2. The Labute approximate surface area is 145 Å². The number of rotatable bonds is 10. The van der Waals surface area contributed by atoms with E-state index in [2.05, 4.69) is 6.92 Å². The lowest BCUT2D eigenvalue weighted by molar-refractivity contribution is -0.146. The van der Waals surface area contributed by atoms with Crippen LogP contribution in [0.4, 0.5) is 0 Å². The van der Waals surface area contributed by atoms with Crippen LogP contribution in [0.25, 0.3) is 0 Å². The molecule has 0 aliphatic rings. The Morgan fingerprint density at radius 2 is 1.71 bits per heavy atom. The molecule has 0 aromatic heterocycles. The van der Waals surface area contributed by atoms with Crippen molar-refractivity contribution in [1.29, 1.82) is 0 Å². The van der Waals surface area contributed by atoms with Gasteiger partial charge in [0.1, 0.15) is 5.75 Å². The van der Waals surface area contributed by atoms with Crippen LogP contribution in [-0.2, 0) is 19.4 Å². The molecule has 0 aliphatic heterocycles. The molecule has 0 N–H and O–H groups in total. The van der Waals surface area contributed by atoms with Gasteiger partial charge in [-0.25, -0.2) is 8.42 Å². The van der Waals surface area contributed by atoms with Gasteiger partial charge in [-0.3, -0.25) is 4.79 Å². The summed E-state index contributed by atoms with van der Waals surface area (Å²) >= 11 is 0. The molecule has 0 saturated carbocycles. The van der Waals surface area contributed by atoms with Crippen LogP contribution in [0.2, 0.25) is 0 Å². The number of unbranched alkanes of at least 4 members (excludes halogenated alkanes) is 3. The predicted molar refractivity (Wildman–Crippen MR) is 94.0 cm³/mol. The number of methoxy groups -OCH3 is 1. The summed E-state index contributed by atoms with van der Waals surface area (Å²) in [6.07, 6.45) is 3.87. The summed E-state index contributed by atoms with van der Waals surface area (Å²) in [5, 5.41) is 0. The van der Waals surface area contributed by atoms with Crippen LogP contribution >= 0.6 is 0 Å². The van der Waals surface area contributed by atoms with Crippen molar-refractivity contribution in [2.75, 3.05) is 13.7 Å². The van der Waals surface area contributed by atoms with E-state index in [0.29, 0.717) is 12.2 Å². The zero-order chi connectivity index (χ0) is 18.2. The van der Waals surface area contributed by atoms with Gasteiger partial charge in [0, 0.05) is 0 Å². The first kappa shape index (κ1) is 20.5. The van der Waals surface area contributed by atoms with Gasteiger partial charge in [-0.1, -0.05) is 32.6 Å². The molecule has 0 heterocycles. The van der Waals surface area contributed by atoms with Crippen LogP contribution in [0.15, 0.2) is 29.2 Å². The fraction of sp³-hybridized carbons (Fsp3) is 0.611. The molecule has 136 valence electrons. The maximum Gasteiger partial charge on any atom is 0.327 e. The van der Waals surface area contributed by atoms with Crippen molar-refractivity contribution in [3.8, 4) is 5.75 Å². The lowest BCUT2D eigenvalue weighted by Gasteiger charge is -2.27. The third-order valence-corrected chi connectivity index (χ3v) is 6.63. The number of sulfone groups is 1. The molecule has 0 saturated heterocycles. The Bertz CT molecular complexity index is 621. The smallest absolute Gasteiger partial charge is 0.327 e. The fourth-order valence-corrected chi connectivity index (χ4v) is 4.24. The van der Waals surface area contributed by atoms with Crippen molar-refractivity contribution in [3.05, 3.63) is 24.3 Å². The monoisotopic (exact) mass is 356 g/mol. The number of benzene rings is 1. The molecule has 1 rings (SSSR count). The van der Waals surface area contributed by atoms with Gasteiger partial charge in [-0.15, -0.1) is 0 Å². The Morgan fingerprint density at radius 3 is 2.21 bits per heavy atom. The van der Waals surface area contributed by atoms with E-state index in [-0.39, 0.29) is 17.9 Å². The summed E-state index contributed by atoms with van der Waals surface area (Å²) in [7, 11) is -2.35. The van der Waals surface area contributed by atoms with E-state index in [9.17, 15) is 13.2 Å². The van der Waals surface area contributed by atoms with Gasteiger partial charge in [0.05, 0.1) is 18.6 Å². The molecule has 0 bridgehead atoms. The molecule has 0 fully saturated rings. The van der Waals surface area contributed by atoms with Gasteiger partial charge in [0.15, 0.2) is 14.6 Å². The van der Waals surface area contributed by atoms with Gasteiger partial charge in [0.25, 0.3) is 0 Å². The number of carbonyl (C=O) groups is 1. The van der Waals surface area contributed by atoms with Crippen LogP contribution < -0.4 is 4.74 Å². The first-order valence-corrected chi connectivity index (χ1v) is 9.87. The van der Waals surface area contributed by atoms with E-state index >= 15 is 0 Å². The fourth-order valence-electron chi connectivity index (χ4n) is 2.53. The van der Waals surface area contributed by atoms with Crippen LogP contribution in [0, 0.1) is 0 Å². The maximum absolute atomic E-state index is 13.1. The second-order valence-electron chi connectivity index (χ2n) is 5.94. The van der Waals surface area contributed by atoms with Gasteiger partial charge < -0.3 is 9.47 Å². The Kier molecular flexibility index (Phi) is 7.73.